The topological polar surface area (TPSA) is 12.0 Å². The third-order valence-corrected chi connectivity index (χ3v) is 4.14. The first-order valence-corrected chi connectivity index (χ1v) is 6.42. The molecular formula is C13H14ClF2N. The van der Waals surface area contributed by atoms with Crippen molar-refractivity contribution in [1.82, 2.24) is 5.32 Å². The molecule has 2 aliphatic rings. The summed E-state index contributed by atoms with van der Waals surface area (Å²) in [7, 11) is 0. The predicted octanol–water partition coefficient (Wildman–Crippen LogP) is 3.62. The van der Waals surface area contributed by atoms with Crippen LogP contribution in [0.1, 0.15) is 37.2 Å². The Hall–Kier alpha value is -0.670. The molecule has 0 aromatic heterocycles. The summed E-state index contributed by atoms with van der Waals surface area (Å²) in [6.45, 7) is 0. The average molecular weight is 258 g/mol. The molecule has 0 radical (unpaired) electrons. The lowest BCUT2D eigenvalue weighted by atomic mass is 9.85. The maximum absolute atomic E-state index is 13.8. The van der Waals surface area contributed by atoms with Gasteiger partial charge in [0, 0.05) is 22.7 Å². The summed E-state index contributed by atoms with van der Waals surface area (Å²) >= 11 is 5.64. The van der Waals surface area contributed by atoms with Crippen molar-refractivity contribution in [3.8, 4) is 0 Å². The molecule has 4 heteroatoms. The maximum atomic E-state index is 13.8. The van der Waals surface area contributed by atoms with Gasteiger partial charge in [-0.05, 0) is 43.7 Å². The van der Waals surface area contributed by atoms with Crippen LogP contribution in [0.25, 0.3) is 0 Å². The zero-order valence-corrected chi connectivity index (χ0v) is 10.1. The second kappa shape index (κ2) is 4.21. The molecule has 92 valence electrons. The molecule has 2 bridgehead atoms. The summed E-state index contributed by atoms with van der Waals surface area (Å²) in [4.78, 5) is 0. The number of rotatable bonds is 1. The van der Waals surface area contributed by atoms with Crippen molar-refractivity contribution in [2.75, 3.05) is 0 Å². The molecule has 1 aromatic carbocycles. The molecule has 0 saturated carbocycles. The van der Waals surface area contributed by atoms with Crippen LogP contribution in [0, 0.1) is 11.6 Å². The van der Waals surface area contributed by atoms with E-state index in [1.54, 1.807) is 0 Å². The molecule has 1 nitrogen and oxygen atoms in total. The van der Waals surface area contributed by atoms with E-state index in [4.69, 9.17) is 11.6 Å². The van der Waals surface area contributed by atoms with Gasteiger partial charge in [0.05, 0.1) is 0 Å². The summed E-state index contributed by atoms with van der Waals surface area (Å²) in [6.07, 6.45) is 3.90. The Labute approximate surface area is 104 Å². The molecule has 3 rings (SSSR count). The Kier molecular flexibility index (Phi) is 2.83. The summed E-state index contributed by atoms with van der Waals surface area (Å²) in [5.74, 6) is -1.01. The summed E-state index contributed by atoms with van der Waals surface area (Å²) < 4.78 is 27.7. The summed E-state index contributed by atoms with van der Waals surface area (Å²) in [5.41, 5.74) is 0.229. The quantitative estimate of drug-likeness (QED) is 0.810. The van der Waals surface area contributed by atoms with Crippen LogP contribution in [-0.2, 0) is 0 Å². The Morgan fingerprint density at radius 1 is 1.06 bits per heavy atom. The molecular weight excluding hydrogens is 244 g/mol. The van der Waals surface area contributed by atoms with Gasteiger partial charge in [-0.1, -0.05) is 11.6 Å². The highest BCUT2D eigenvalue weighted by molar-refractivity contribution is 6.30. The molecule has 2 heterocycles. The van der Waals surface area contributed by atoms with Crippen LogP contribution in [0.5, 0.6) is 0 Å². The summed E-state index contributed by atoms with van der Waals surface area (Å²) in [5, 5.41) is 3.59. The van der Waals surface area contributed by atoms with E-state index in [9.17, 15) is 8.78 Å². The minimum atomic E-state index is -0.499. The van der Waals surface area contributed by atoms with Gasteiger partial charge in [-0.25, -0.2) is 8.78 Å². The van der Waals surface area contributed by atoms with Crippen LogP contribution < -0.4 is 5.32 Å². The Bertz CT molecular complexity index is 414. The fraction of sp³-hybridized carbons (Fsp3) is 0.538. The molecule has 1 aromatic rings. The molecule has 0 amide bonds. The van der Waals surface area contributed by atoms with E-state index in [2.05, 4.69) is 5.32 Å². The van der Waals surface area contributed by atoms with E-state index >= 15 is 0 Å². The fourth-order valence-electron chi connectivity index (χ4n) is 3.24. The van der Waals surface area contributed by atoms with E-state index in [1.165, 1.54) is 12.1 Å². The number of fused-ring (bicyclic) bond motifs is 2. The van der Waals surface area contributed by atoms with E-state index in [-0.39, 0.29) is 16.5 Å². The van der Waals surface area contributed by atoms with E-state index in [0.29, 0.717) is 12.1 Å². The van der Waals surface area contributed by atoms with Gasteiger partial charge in [0.25, 0.3) is 0 Å². The first kappa shape index (κ1) is 11.4. The van der Waals surface area contributed by atoms with Crippen molar-refractivity contribution in [3.05, 3.63) is 34.4 Å². The van der Waals surface area contributed by atoms with Crippen LogP contribution in [0.15, 0.2) is 12.1 Å². The molecule has 17 heavy (non-hydrogen) atoms. The van der Waals surface area contributed by atoms with Gasteiger partial charge in [-0.2, -0.15) is 0 Å². The highest BCUT2D eigenvalue weighted by Crippen LogP contribution is 2.39. The van der Waals surface area contributed by atoms with Crippen LogP contribution >= 0.6 is 11.6 Å². The number of benzene rings is 1. The van der Waals surface area contributed by atoms with E-state index in [1.807, 2.05) is 0 Å². The number of piperidine rings is 1. The molecule has 0 aliphatic carbocycles. The monoisotopic (exact) mass is 257 g/mol. The first-order chi connectivity index (χ1) is 8.13. The zero-order valence-electron chi connectivity index (χ0n) is 9.35. The standard InChI is InChI=1S/C13H14ClF2N/c14-8-5-11(15)13(12(16)6-8)7-3-9-1-2-10(4-7)17-9/h5-7,9-10,17H,1-4H2/t7?,9-,10+. The van der Waals surface area contributed by atoms with Crippen LogP contribution in [0.2, 0.25) is 5.02 Å². The minimum Gasteiger partial charge on any atom is -0.311 e. The average Bonchev–Trinajstić information content (AvgIpc) is 2.56. The lowest BCUT2D eigenvalue weighted by molar-refractivity contribution is 0.348. The first-order valence-electron chi connectivity index (χ1n) is 6.04. The number of halogens is 3. The second-order valence-electron chi connectivity index (χ2n) is 5.09. The van der Waals surface area contributed by atoms with Gasteiger partial charge in [-0.15, -0.1) is 0 Å². The van der Waals surface area contributed by atoms with E-state index in [0.717, 1.165) is 25.7 Å². The maximum Gasteiger partial charge on any atom is 0.131 e. The van der Waals surface area contributed by atoms with Crippen molar-refractivity contribution in [2.24, 2.45) is 0 Å². The van der Waals surface area contributed by atoms with Gasteiger partial charge in [0.2, 0.25) is 0 Å². The van der Waals surface area contributed by atoms with Crippen LogP contribution in [-0.4, -0.2) is 12.1 Å². The van der Waals surface area contributed by atoms with Crippen LogP contribution in [0.3, 0.4) is 0 Å². The smallest absolute Gasteiger partial charge is 0.131 e. The third-order valence-electron chi connectivity index (χ3n) is 3.93. The highest BCUT2D eigenvalue weighted by Gasteiger charge is 2.36. The van der Waals surface area contributed by atoms with Gasteiger partial charge < -0.3 is 5.32 Å². The van der Waals surface area contributed by atoms with Crippen molar-refractivity contribution < 1.29 is 8.78 Å². The lowest BCUT2D eigenvalue weighted by Gasteiger charge is -2.29. The van der Waals surface area contributed by atoms with Crippen molar-refractivity contribution in [1.29, 1.82) is 0 Å². The zero-order chi connectivity index (χ0) is 12.0. The van der Waals surface area contributed by atoms with Gasteiger partial charge in [0.15, 0.2) is 0 Å². The Balaban J connectivity index is 1.94. The van der Waals surface area contributed by atoms with Crippen LogP contribution in [0.4, 0.5) is 8.78 Å². The van der Waals surface area contributed by atoms with Crippen molar-refractivity contribution >= 4 is 11.6 Å². The summed E-state index contributed by atoms with van der Waals surface area (Å²) in [6, 6.07) is 3.27. The third kappa shape index (κ3) is 2.06. The van der Waals surface area contributed by atoms with Crippen molar-refractivity contribution in [2.45, 2.75) is 43.7 Å². The second-order valence-corrected chi connectivity index (χ2v) is 5.53. The molecule has 1 unspecified atom stereocenters. The molecule has 1 N–H and O–H groups in total. The Morgan fingerprint density at radius 2 is 1.59 bits per heavy atom. The molecule has 0 spiro atoms. The normalized spacial score (nSPS) is 31.8. The minimum absolute atomic E-state index is 0.00832. The van der Waals surface area contributed by atoms with Crippen molar-refractivity contribution in [3.63, 3.8) is 0 Å². The highest BCUT2D eigenvalue weighted by atomic mass is 35.5. The molecule has 2 aliphatic heterocycles. The van der Waals surface area contributed by atoms with E-state index < -0.39 is 11.6 Å². The van der Waals surface area contributed by atoms with Gasteiger partial charge in [-0.3, -0.25) is 0 Å². The lowest BCUT2D eigenvalue weighted by Crippen LogP contribution is -2.37. The number of hydrogen-bond donors (Lipinski definition) is 1. The Morgan fingerprint density at radius 3 is 2.12 bits per heavy atom. The SMILES string of the molecule is Fc1cc(Cl)cc(F)c1C1C[C@H]2CC[C@@H](C1)N2. The number of nitrogens with one attached hydrogen (secondary N) is 1. The number of hydrogen-bond acceptors (Lipinski definition) is 1. The van der Waals surface area contributed by atoms with Gasteiger partial charge >= 0.3 is 0 Å². The molecule has 2 fully saturated rings. The van der Waals surface area contributed by atoms with Gasteiger partial charge in [0.1, 0.15) is 11.6 Å². The largest absolute Gasteiger partial charge is 0.311 e. The predicted molar refractivity (Wildman–Crippen MR) is 63.3 cm³/mol. The molecule has 3 atom stereocenters. The molecule has 2 saturated heterocycles. The fourth-order valence-corrected chi connectivity index (χ4v) is 3.43.